The molecule has 3 aromatic carbocycles. The van der Waals surface area contributed by atoms with Gasteiger partial charge >= 0.3 is 0 Å². The number of nitro benzene ring substituents is 1. The number of nitrogens with zero attached hydrogens (tertiary/aromatic N) is 2. The molecular weight excluding hydrogens is 420 g/mol. The number of methoxy groups -OCH3 is 1. The van der Waals surface area contributed by atoms with Gasteiger partial charge in [0, 0.05) is 19.7 Å². The quantitative estimate of drug-likeness (QED) is 0.367. The minimum atomic E-state index is -4.07. The molecule has 3 rings (SSSR count). The molecule has 0 fully saturated rings. The molecule has 0 aliphatic carbocycles. The van der Waals surface area contributed by atoms with Crippen molar-refractivity contribution >= 4 is 15.7 Å². The summed E-state index contributed by atoms with van der Waals surface area (Å²) in [6.45, 7) is 0.367. The van der Waals surface area contributed by atoms with E-state index < -0.39 is 20.6 Å². The van der Waals surface area contributed by atoms with E-state index in [1.165, 1.54) is 38.4 Å². The van der Waals surface area contributed by atoms with Crippen LogP contribution in [0.2, 0.25) is 0 Å². The Bertz CT molecular complexity index is 1170. The molecule has 0 aliphatic heterocycles. The molecule has 31 heavy (non-hydrogen) atoms. The van der Waals surface area contributed by atoms with Gasteiger partial charge in [0.05, 0.1) is 12.0 Å². The van der Waals surface area contributed by atoms with Crippen LogP contribution in [0.5, 0.6) is 11.5 Å². The standard InChI is InChI=1S/C22H22N2O6S/c1-23(31(27,28)22-11-7-6-10-19(22)24(25)26)15-18-12-13-20(21(14-18)29-2)30-16-17-8-4-3-5-9-17/h3-14H,15-16H2,1-2H3. The molecule has 0 atom stereocenters. The summed E-state index contributed by atoms with van der Waals surface area (Å²) in [6.07, 6.45) is 0. The van der Waals surface area contributed by atoms with Gasteiger partial charge in [-0.05, 0) is 29.3 Å². The average molecular weight is 442 g/mol. The number of para-hydroxylation sites is 1. The second-order valence-electron chi connectivity index (χ2n) is 6.75. The molecule has 0 amide bonds. The van der Waals surface area contributed by atoms with Crippen LogP contribution in [-0.4, -0.2) is 31.8 Å². The molecule has 8 nitrogen and oxygen atoms in total. The Hall–Kier alpha value is -3.43. The lowest BCUT2D eigenvalue weighted by Crippen LogP contribution is -2.27. The van der Waals surface area contributed by atoms with Gasteiger partial charge in [-0.25, -0.2) is 8.42 Å². The first kappa shape index (κ1) is 22.3. The van der Waals surface area contributed by atoms with E-state index in [0.29, 0.717) is 23.7 Å². The molecule has 0 saturated carbocycles. The van der Waals surface area contributed by atoms with Crippen molar-refractivity contribution in [2.45, 2.75) is 18.0 Å². The lowest BCUT2D eigenvalue weighted by Gasteiger charge is -2.18. The Morgan fingerprint density at radius 1 is 0.935 bits per heavy atom. The Labute approximate surface area is 180 Å². The fraction of sp³-hybridized carbons (Fsp3) is 0.182. The van der Waals surface area contributed by atoms with Gasteiger partial charge in [0.15, 0.2) is 16.4 Å². The van der Waals surface area contributed by atoms with Gasteiger partial charge in [-0.3, -0.25) is 10.1 Å². The third-order valence-corrected chi connectivity index (χ3v) is 6.47. The zero-order valence-electron chi connectivity index (χ0n) is 17.1. The highest BCUT2D eigenvalue weighted by atomic mass is 32.2. The first-order valence-corrected chi connectivity index (χ1v) is 10.8. The summed E-state index contributed by atoms with van der Waals surface area (Å²) >= 11 is 0. The van der Waals surface area contributed by atoms with Crippen molar-refractivity contribution in [3.05, 3.63) is 94.0 Å². The van der Waals surface area contributed by atoms with Crippen molar-refractivity contribution < 1.29 is 22.8 Å². The molecule has 0 saturated heterocycles. The molecule has 3 aromatic rings. The van der Waals surface area contributed by atoms with Crippen LogP contribution in [-0.2, 0) is 23.2 Å². The van der Waals surface area contributed by atoms with E-state index in [4.69, 9.17) is 9.47 Å². The zero-order valence-corrected chi connectivity index (χ0v) is 17.9. The maximum atomic E-state index is 12.9. The van der Waals surface area contributed by atoms with Crippen LogP contribution in [0.3, 0.4) is 0 Å². The number of benzene rings is 3. The highest BCUT2D eigenvalue weighted by Gasteiger charge is 2.29. The molecule has 0 aromatic heterocycles. The summed E-state index contributed by atoms with van der Waals surface area (Å²) in [5.41, 5.74) is 1.19. The summed E-state index contributed by atoms with van der Waals surface area (Å²) in [5, 5.41) is 11.2. The highest BCUT2D eigenvalue weighted by Crippen LogP contribution is 2.31. The van der Waals surface area contributed by atoms with Gasteiger partial charge in [0.1, 0.15) is 6.61 Å². The van der Waals surface area contributed by atoms with Gasteiger partial charge in [-0.2, -0.15) is 4.31 Å². The van der Waals surface area contributed by atoms with Gasteiger partial charge < -0.3 is 9.47 Å². The van der Waals surface area contributed by atoms with Crippen molar-refractivity contribution in [1.29, 1.82) is 0 Å². The monoisotopic (exact) mass is 442 g/mol. The molecule has 9 heteroatoms. The van der Waals surface area contributed by atoms with Gasteiger partial charge in [-0.15, -0.1) is 0 Å². The summed E-state index contributed by atoms with van der Waals surface area (Å²) in [5.74, 6) is 0.990. The predicted molar refractivity (Wildman–Crippen MR) is 116 cm³/mol. The number of nitro groups is 1. The highest BCUT2D eigenvalue weighted by molar-refractivity contribution is 7.89. The van der Waals surface area contributed by atoms with E-state index >= 15 is 0 Å². The van der Waals surface area contributed by atoms with Crippen LogP contribution in [0, 0.1) is 10.1 Å². The number of hydrogen-bond acceptors (Lipinski definition) is 6. The number of sulfonamides is 1. The minimum Gasteiger partial charge on any atom is -0.493 e. The zero-order chi connectivity index (χ0) is 22.4. The summed E-state index contributed by atoms with van der Waals surface area (Å²) in [4.78, 5) is 10.2. The topological polar surface area (TPSA) is 99.0 Å². The van der Waals surface area contributed by atoms with Crippen molar-refractivity contribution in [2.24, 2.45) is 0 Å². The van der Waals surface area contributed by atoms with Crippen LogP contribution >= 0.6 is 0 Å². The Kier molecular flexibility index (Phi) is 6.88. The van der Waals surface area contributed by atoms with Gasteiger partial charge in [0.2, 0.25) is 10.0 Å². The summed E-state index contributed by atoms with van der Waals surface area (Å²) in [6, 6.07) is 20.1. The van der Waals surface area contributed by atoms with Crippen molar-refractivity contribution in [3.63, 3.8) is 0 Å². The molecule has 162 valence electrons. The lowest BCUT2D eigenvalue weighted by atomic mass is 10.2. The van der Waals surface area contributed by atoms with E-state index in [2.05, 4.69) is 0 Å². The normalized spacial score (nSPS) is 11.3. The largest absolute Gasteiger partial charge is 0.493 e. The second-order valence-corrected chi connectivity index (χ2v) is 8.76. The Morgan fingerprint density at radius 2 is 1.61 bits per heavy atom. The predicted octanol–water partition coefficient (Wildman–Crippen LogP) is 4.00. The molecule has 0 unspecified atom stereocenters. The molecule has 0 aliphatic rings. The maximum absolute atomic E-state index is 12.9. The van der Waals surface area contributed by atoms with Crippen molar-refractivity contribution in [2.75, 3.05) is 14.2 Å². The Balaban J connectivity index is 1.78. The van der Waals surface area contributed by atoms with Crippen LogP contribution in [0.1, 0.15) is 11.1 Å². The van der Waals surface area contributed by atoms with Crippen molar-refractivity contribution in [3.8, 4) is 11.5 Å². The minimum absolute atomic E-state index is 0.00368. The molecule has 0 N–H and O–H groups in total. The molecule has 0 heterocycles. The molecular formula is C22H22N2O6S. The smallest absolute Gasteiger partial charge is 0.289 e. The first-order valence-electron chi connectivity index (χ1n) is 9.36. The van der Waals surface area contributed by atoms with E-state index in [1.807, 2.05) is 30.3 Å². The van der Waals surface area contributed by atoms with E-state index in [0.717, 1.165) is 9.87 Å². The lowest BCUT2D eigenvalue weighted by molar-refractivity contribution is -0.387. The SMILES string of the molecule is COc1cc(CN(C)S(=O)(=O)c2ccccc2[N+](=O)[O-])ccc1OCc1ccccc1. The fourth-order valence-corrected chi connectivity index (χ4v) is 4.31. The fourth-order valence-electron chi connectivity index (χ4n) is 3.00. The van der Waals surface area contributed by atoms with Crippen LogP contribution in [0.4, 0.5) is 5.69 Å². The summed E-state index contributed by atoms with van der Waals surface area (Å²) < 4.78 is 38.1. The second kappa shape index (κ2) is 9.59. The molecule has 0 bridgehead atoms. The molecule has 0 radical (unpaired) electrons. The number of rotatable bonds is 9. The number of hydrogen-bond donors (Lipinski definition) is 0. The van der Waals surface area contributed by atoms with E-state index in [1.54, 1.807) is 18.2 Å². The van der Waals surface area contributed by atoms with E-state index in [-0.39, 0.29) is 11.4 Å². The maximum Gasteiger partial charge on any atom is 0.289 e. The van der Waals surface area contributed by atoms with Crippen LogP contribution < -0.4 is 9.47 Å². The summed E-state index contributed by atoms with van der Waals surface area (Å²) in [7, 11) is -1.19. The third kappa shape index (κ3) is 5.19. The third-order valence-electron chi connectivity index (χ3n) is 4.62. The number of ether oxygens (including phenoxy) is 2. The molecule has 0 spiro atoms. The van der Waals surface area contributed by atoms with Gasteiger partial charge in [0.25, 0.3) is 5.69 Å². The average Bonchev–Trinajstić information content (AvgIpc) is 2.78. The first-order chi connectivity index (χ1) is 14.8. The van der Waals surface area contributed by atoms with Crippen LogP contribution in [0.25, 0.3) is 0 Å². The van der Waals surface area contributed by atoms with E-state index in [9.17, 15) is 18.5 Å². The van der Waals surface area contributed by atoms with Crippen molar-refractivity contribution in [1.82, 2.24) is 4.31 Å². The van der Waals surface area contributed by atoms with Crippen LogP contribution in [0.15, 0.2) is 77.7 Å². The van der Waals surface area contributed by atoms with Gasteiger partial charge in [-0.1, -0.05) is 48.5 Å². The Morgan fingerprint density at radius 3 is 2.29 bits per heavy atom.